The van der Waals surface area contributed by atoms with E-state index in [-0.39, 0.29) is 30.4 Å². The molecule has 5 heteroatoms. The Kier molecular flexibility index (Phi) is 6.87. The summed E-state index contributed by atoms with van der Waals surface area (Å²) in [5.74, 6) is 0. The molecule has 0 aromatic heterocycles. The number of allylic oxidation sites excluding steroid dienone is 2. The zero-order chi connectivity index (χ0) is 15.4. The third-order valence-corrected chi connectivity index (χ3v) is 13.3. The SMILES string of the molecule is CC1=C(C)[CH]([Ti]([CH3])([CH3])(=[SiH2])[NH]C(C)(C)C)c2ccccc21.Cl.Cl. The number of hydrogen-bond acceptors (Lipinski definition) is 1. The van der Waals surface area contributed by atoms with Gasteiger partial charge in [-0.25, -0.2) is 0 Å². The second-order valence-electron chi connectivity index (χ2n) is 8.51. The molecule has 0 bridgehead atoms. The van der Waals surface area contributed by atoms with Crippen LogP contribution in [-0.2, 0) is 14.3 Å². The summed E-state index contributed by atoms with van der Waals surface area (Å²) in [6.07, 6.45) is 0. The second kappa shape index (κ2) is 6.74. The molecule has 1 atom stereocenters. The molecule has 0 amide bonds. The molecule has 0 heterocycles. The van der Waals surface area contributed by atoms with Crippen LogP contribution in [0.3, 0.4) is 0 Å². The monoisotopic (exact) mass is 395 g/mol. The summed E-state index contributed by atoms with van der Waals surface area (Å²) in [5, 5.41) is 5.09. The van der Waals surface area contributed by atoms with Gasteiger partial charge in [0, 0.05) is 0 Å². The molecule has 1 aromatic rings. The van der Waals surface area contributed by atoms with Crippen molar-refractivity contribution in [3.63, 3.8) is 0 Å². The van der Waals surface area contributed by atoms with Gasteiger partial charge in [0.15, 0.2) is 0 Å². The Bertz CT molecular complexity index is 653. The first-order valence-corrected chi connectivity index (χ1v) is 16.4. The van der Waals surface area contributed by atoms with E-state index in [2.05, 4.69) is 80.8 Å². The normalized spacial score (nSPS) is 18.5. The third kappa shape index (κ3) is 4.28. The van der Waals surface area contributed by atoms with Crippen molar-refractivity contribution in [2.24, 2.45) is 0 Å². The van der Waals surface area contributed by atoms with E-state index in [0.717, 1.165) is 0 Å². The molecule has 1 aliphatic rings. The molecule has 126 valence electrons. The van der Waals surface area contributed by atoms with Gasteiger partial charge in [-0.1, -0.05) is 0 Å². The molecule has 1 unspecified atom stereocenters. The van der Waals surface area contributed by atoms with E-state index in [4.69, 9.17) is 0 Å². The summed E-state index contributed by atoms with van der Waals surface area (Å²) in [7, 11) is 2.28. The van der Waals surface area contributed by atoms with Crippen molar-refractivity contribution in [1.29, 1.82) is 0 Å². The number of hydrogen-bond donors (Lipinski definition) is 1. The fourth-order valence-corrected chi connectivity index (χ4v) is 17.1. The van der Waals surface area contributed by atoms with Gasteiger partial charge in [0.2, 0.25) is 0 Å². The molecule has 1 N–H and O–H groups in total. The minimum absolute atomic E-state index is 0. The summed E-state index contributed by atoms with van der Waals surface area (Å²) >= 11 is -2.80. The fourth-order valence-electron chi connectivity index (χ4n) is 4.25. The Balaban J connectivity index is 0.00000220. The predicted molar refractivity (Wildman–Crippen MR) is 105 cm³/mol. The number of benzene rings is 1. The average Bonchev–Trinajstić information content (AvgIpc) is 2.48. The van der Waals surface area contributed by atoms with Crippen molar-refractivity contribution >= 4 is 38.0 Å². The van der Waals surface area contributed by atoms with Crippen molar-refractivity contribution in [3.05, 3.63) is 41.0 Å². The van der Waals surface area contributed by atoms with E-state index >= 15 is 0 Å². The zero-order valence-electron chi connectivity index (χ0n) is 14.9. The standard InChI is InChI=1S/C11H11.C4H10N.2CH3.2ClH.H2Si.Ti/c1-8-7-10-5-3-4-6-11(10)9(8)2;1-4(2,3)5;;;;;;/h3-7H,1-2H3;5H,1-3H3;2*1H3;2*1H;1H2;/q;-1;;;;;;+1. The van der Waals surface area contributed by atoms with Gasteiger partial charge in [-0.15, -0.1) is 24.8 Å². The molecule has 22 heavy (non-hydrogen) atoms. The number of fused-ring (bicyclic) bond motifs is 1. The van der Waals surface area contributed by atoms with E-state index in [0.29, 0.717) is 4.22 Å². The number of halogens is 2. The average molecular weight is 396 g/mol. The van der Waals surface area contributed by atoms with Crippen molar-refractivity contribution in [2.75, 3.05) is 0 Å². The van der Waals surface area contributed by atoms with Crippen LogP contribution in [0.25, 0.3) is 5.57 Å². The van der Waals surface area contributed by atoms with Gasteiger partial charge in [-0.2, -0.15) is 0 Å². The van der Waals surface area contributed by atoms with Gasteiger partial charge in [-0.3, -0.25) is 0 Å². The minimum atomic E-state index is -2.80. The summed E-state index contributed by atoms with van der Waals surface area (Å²) < 4.78 is 4.69. The summed E-state index contributed by atoms with van der Waals surface area (Å²) in [5.41, 5.74) is 6.27. The quantitative estimate of drug-likeness (QED) is 0.693. The first kappa shape index (κ1) is 22.4. The van der Waals surface area contributed by atoms with Crippen molar-refractivity contribution < 1.29 is 14.3 Å². The first-order valence-electron chi connectivity index (χ1n) is 7.55. The molecule has 1 nitrogen and oxygen atoms in total. The second-order valence-corrected chi connectivity index (χ2v) is 27.6. The van der Waals surface area contributed by atoms with Crippen molar-refractivity contribution in [2.45, 2.75) is 54.8 Å². The maximum absolute atomic E-state index is 4.08. The number of rotatable bonds is 2. The molecular formula is C17H31Cl2NSiTi. The Morgan fingerprint density at radius 2 is 1.55 bits per heavy atom. The Labute approximate surface area is 151 Å². The van der Waals surface area contributed by atoms with Crippen molar-refractivity contribution in [3.8, 4) is 0 Å². The number of nitrogens with one attached hydrogen (secondary N) is 1. The Hall–Kier alpha value is 0.431. The van der Waals surface area contributed by atoms with Gasteiger partial charge in [0.1, 0.15) is 0 Å². The molecule has 0 fully saturated rings. The van der Waals surface area contributed by atoms with Crippen LogP contribution in [0.4, 0.5) is 0 Å². The van der Waals surface area contributed by atoms with Crippen LogP contribution in [0.5, 0.6) is 0 Å². The molecular weight excluding hydrogens is 365 g/mol. The maximum atomic E-state index is 4.08. The van der Waals surface area contributed by atoms with E-state index in [1.54, 1.807) is 11.1 Å². The van der Waals surface area contributed by atoms with Crippen LogP contribution in [0.15, 0.2) is 29.8 Å². The summed E-state index contributed by atoms with van der Waals surface area (Å²) in [6, 6.07) is 8.99. The smallest absolute Gasteiger partial charge is 0.147 e. The molecule has 1 aromatic carbocycles. The Morgan fingerprint density at radius 1 is 1.05 bits per heavy atom. The molecule has 0 aliphatic heterocycles. The topological polar surface area (TPSA) is 12.0 Å². The van der Waals surface area contributed by atoms with Gasteiger partial charge in [0.05, 0.1) is 0 Å². The van der Waals surface area contributed by atoms with Gasteiger partial charge >= 0.3 is 127 Å². The van der Waals surface area contributed by atoms with Crippen LogP contribution >= 0.6 is 24.8 Å². The first-order chi connectivity index (χ1) is 8.91. The predicted octanol–water partition coefficient (Wildman–Crippen LogP) is 5.02. The third-order valence-electron chi connectivity index (χ3n) is 4.41. The zero-order valence-corrected chi connectivity index (χ0v) is 19.5. The van der Waals surface area contributed by atoms with Crippen LogP contribution in [0.1, 0.15) is 50.0 Å². The largest absolute Gasteiger partial charge is 0.147 e. The molecule has 2 rings (SSSR count). The van der Waals surface area contributed by atoms with Crippen LogP contribution < -0.4 is 3.80 Å². The summed E-state index contributed by atoms with van der Waals surface area (Å²) in [6.45, 7) is 11.5. The van der Waals surface area contributed by atoms with Gasteiger partial charge in [0.25, 0.3) is 0 Å². The van der Waals surface area contributed by atoms with E-state index < -0.39 is 14.3 Å². The molecule has 0 saturated carbocycles. The molecule has 0 spiro atoms. The van der Waals surface area contributed by atoms with Crippen LogP contribution in [0, 0.1) is 0 Å². The minimum Gasteiger partial charge on any atom is -0.147 e. The molecule has 0 saturated heterocycles. The fraction of sp³-hybridized carbons (Fsp3) is 0.529. The van der Waals surface area contributed by atoms with E-state index in [1.807, 2.05) is 0 Å². The molecule has 1 aliphatic carbocycles. The van der Waals surface area contributed by atoms with Gasteiger partial charge in [-0.05, 0) is 0 Å². The summed E-state index contributed by atoms with van der Waals surface area (Å²) in [4.78, 5) is 0. The van der Waals surface area contributed by atoms with Gasteiger partial charge < -0.3 is 0 Å². The molecule has 0 radical (unpaired) electrons. The van der Waals surface area contributed by atoms with E-state index in [9.17, 15) is 0 Å². The van der Waals surface area contributed by atoms with Crippen molar-refractivity contribution in [1.82, 2.24) is 3.80 Å². The Morgan fingerprint density at radius 3 is 2.05 bits per heavy atom. The van der Waals surface area contributed by atoms with E-state index in [1.165, 1.54) is 11.1 Å². The van der Waals surface area contributed by atoms with Crippen LogP contribution in [0.2, 0.25) is 10.5 Å². The maximum Gasteiger partial charge on any atom is -0.147 e. The van der Waals surface area contributed by atoms with Crippen LogP contribution in [-0.4, -0.2) is 13.2 Å².